The summed E-state index contributed by atoms with van der Waals surface area (Å²) >= 11 is 0. The van der Waals surface area contributed by atoms with Crippen LogP contribution < -0.4 is 11.1 Å². The number of hydrogen-bond acceptors (Lipinski definition) is 3. The van der Waals surface area contributed by atoms with Gasteiger partial charge in [-0.15, -0.1) is 6.58 Å². The lowest BCUT2D eigenvalue weighted by Crippen LogP contribution is -2.33. The molecule has 0 aliphatic heterocycles. The number of hydrogen-bond donors (Lipinski definition) is 2. The highest BCUT2D eigenvalue weighted by atomic mass is 16.1. The molecule has 1 heterocycles. The van der Waals surface area contributed by atoms with E-state index in [1.54, 1.807) is 24.4 Å². The number of nitrogens with one attached hydrogen (secondary N) is 1. The fourth-order valence-electron chi connectivity index (χ4n) is 1.21. The van der Waals surface area contributed by atoms with E-state index >= 15 is 0 Å². The summed E-state index contributed by atoms with van der Waals surface area (Å²) in [6, 6.07) is 3.38. The minimum Gasteiger partial charge on any atom is -0.397 e. The molecular weight excluding hydrogens is 190 g/mol. The van der Waals surface area contributed by atoms with Crippen LogP contribution in [-0.2, 0) is 0 Å². The van der Waals surface area contributed by atoms with Crippen molar-refractivity contribution in [2.24, 2.45) is 0 Å². The summed E-state index contributed by atoms with van der Waals surface area (Å²) in [5, 5.41) is 2.79. The van der Waals surface area contributed by atoms with Crippen LogP contribution in [-0.4, -0.2) is 16.9 Å². The van der Waals surface area contributed by atoms with E-state index < -0.39 is 0 Å². The van der Waals surface area contributed by atoms with Crippen molar-refractivity contribution in [1.82, 2.24) is 10.3 Å². The summed E-state index contributed by atoms with van der Waals surface area (Å²) < 4.78 is 0. The Balaban J connectivity index is 2.69. The Morgan fingerprint density at radius 2 is 2.53 bits per heavy atom. The van der Waals surface area contributed by atoms with Crippen LogP contribution in [0.2, 0.25) is 0 Å². The summed E-state index contributed by atoms with van der Waals surface area (Å²) in [5.74, 6) is -0.248. The van der Waals surface area contributed by atoms with Crippen LogP contribution in [0.3, 0.4) is 0 Å². The van der Waals surface area contributed by atoms with Crippen molar-refractivity contribution >= 4 is 11.6 Å². The zero-order valence-electron chi connectivity index (χ0n) is 8.73. The van der Waals surface area contributed by atoms with Gasteiger partial charge in [0.1, 0.15) is 0 Å². The van der Waals surface area contributed by atoms with E-state index in [9.17, 15) is 4.79 Å². The first-order valence-electron chi connectivity index (χ1n) is 4.77. The highest BCUT2D eigenvalue weighted by Crippen LogP contribution is 2.07. The van der Waals surface area contributed by atoms with Gasteiger partial charge in [0.05, 0.1) is 5.69 Å². The minimum absolute atomic E-state index is 0.0383. The summed E-state index contributed by atoms with van der Waals surface area (Å²) in [6.45, 7) is 5.51. The number of pyridine rings is 1. The van der Waals surface area contributed by atoms with Crippen LogP contribution in [0.1, 0.15) is 23.8 Å². The summed E-state index contributed by atoms with van der Waals surface area (Å²) in [4.78, 5) is 15.6. The molecule has 80 valence electrons. The molecule has 1 amide bonds. The van der Waals surface area contributed by atoms with Gasteiger partial charge in [0, 0.05) is 12.2 Å². The molecule has 0 fully saturated rings. The smallest absolute Gasteiger partial charge is 0.272 e. The first kappa shape index (κ1) is 11.2. The molecule has 4 heteroatoms. The first-order chi connectivity index (χ1) is 7.15. The van der Waals surface area contributed by atoms with Gasteiger partial charge in [0.25, 0.3) is 5.91 Å². The van der Waals surface area contributed by atoms with E-state index in [1.807, 2.05) is 6.92 Å². The van der Waals surface area contributed by atoms with Crippen LogP contribution in [0.25, 0.3) is 0 Å². The van der Waals surface area contributed by atoms with E-state index in [2.05, 4.69) is 16.9 Å². The Kier molecular flexibility index (Phi) is 3.85. The number of carbonyl (C=O) groups excluding carboxylic acids is 1. The number of nitrogen functional groups attached to an aromatic ring is 1. The van der Waals surface area contributed by atoms with E-state index in [-0.39, 0.29) is 17.6 Å². The van der Waals surface area contributed by atoms with Crippen molar-refractivity contribution < 1.29 is 4.79 Å². The SMILES string of the molecule is C=CCC(C)NC(=O)c1ncccc1N. The van der Waals surface area contributed by atoms with E-state index in [0.717, 1.165) is 6.42 Å². The minimum atomic E-state index is -0.248. The molecular formula is C11H15N3O. The Bertz CT molecular complexity index is 363. The monoisotopic (exact) mass is 205 g/mol. The standard InChI is InChI=1S/C11H15N3O/c1-3-5-8(2)14-11(15)10-9(12)6-4-7-13-10/h3-4,6-8H,1,5,12H2,2H3,(H,14,15). The van der Waals surface area contributed by atoms with Gasteiger partial charge in [0.15, 0.2) is 5.69 Å². The van der Waals surface area contributed by atoms with Gasteiger partial charge in [-0.1, -0.05) is 6.08 Å². The second-order valence-corrected chi connectivity index (χ2v) is 3.34. The molecule has 1 unspecified atom stereocenters. The Morgan fingerprint density at radius 3 is 3.13 bits per heavy atom. The molecule has 1 atom stereocenters. The molecule has 0 bridgehead atoms. The van der Waals surface area contributed by atoms with Crippen molar-refractivity contribution in [3.05, 3.63) is 36.7 Å². The number of nitrogens with two attached hydrogens (primary N) is 1. The average Bonchev–Trinajstić information content (AvgIpc) is 2.18. The fourth-order valence-corrected chi connectivity index (χ4v) is 1.21. The molecule has 0 saturated heterocycles. The van der Waals surface area contributed by atoms with Crippen LogP contribution in [0, 0.1) is 0 Å². The molecule has 0 aliphatic carbocycles. The van der Waals surface area contributed by atoms with E-state index in [4.69, 9.17) is 5.73 Å². The van der Waals surface area contributed by atoms with Crippen LogP contribution in [0.5, 0.6) is 0 Å². The normalized spacial score (nSPS) is 11.8. The summed E-state index contributed by atoms with van der Waals surface area (Å²) in [7, 11) is 0. The van der Waals surface area contributed by atoms with Crippen molar-refractivity contribution in [2.45, 2.75) is 19.4 Å². The number of nitrogens with zero attached hydrogens (tertiary/aromatic N) is 1. The van der Waals surface area contributed by atoms with Gasteiger partial charge in [-0.3, -0.25) is 4.79 Å². The van der Waals surface area contributed by atoms with Gasteiger partial charge < -0.3 is 11.1 Å². The van der Waals surface area contributed by atoms with Crippen LogP contribution in [0.4, 0.5) is 5.69 Å². The quantitative estimate of drug-likeness (QED) is 0.729. The van der Waals surface area contributed by atoms with E-state index in [1.165, 1.54) is 0 Å². The average molecular weight is 205 g/mol. The molecule has 0 saturated carbocycles. The van der Waals surface area contributed by atoms with Crippen molar-refractivity contribution in [1.29, 1.82) is 0 Å². The maximum absolute atomic E-state index is 11.7. The zero-order chi connectivity index (χ0) is 11.3. The van der Waals surface area contributed by atoms with Gasteiger partial charge >= 0.3 is 0 Å². The predicted octanol–water partition coefficient (Wildman–Crippen LogP) is 1.36. The predicted molar refractivity (Wildman–Crippen MR) is 60.4 cm³/mol. The molecule has 15 heavy (non-hydrogen) atoms. The molecule has 3 N–H and O–H groups in total. The van der Waals surface area contributed by atoms with Crippen LogP contribution in [0.15, 0.2) is 31.0 Å². The third-order valence-electron chi connectivity index (χ3n) is 1.95. The molecule has 4 nitrogen and oxygen atoms in total. The molecule has 0 aromatic carbocycles. The second kappa shape index (κ2) is 5.14. The first-order valence-corrected chi connectivity index (χ1v) is 4.77. The zero-order valence-corrected chi connectivity index (χ0v) is 8.73. The second-order valence-electron chi connectivity index (χ2n) is 3.34. The number of carbonyl (C=O) groups is 1. The van der Waals surface area contributed by atoms with Gasteiger partial charge in [0.2, 0.25) is 0 Å². The highest BCUT2D eigenvalue weighted by Gasteiger charge is 2.12. The van der Waals surface area contributed by atoms with Crippen LogP contribution >= 0.6 is 0 Å². The molecule has 1 aromatic rings. The molecule has 1 rings (SSSR count). The Morgan fingerprint density at radius 1 is 1.80 bits per heavy atom. The van der Waals surface area contributed by atoms with Crippen molar-refractivity contribution in [3.63, 3.8) is 0 Å². The lowest BCUT2D eigenvalue weighted by molar-refractivity contribution is 0.0936. The Hall–Kier alpha value is -1.84. The molecule has 0 radical (unpaired) electrons. The lowest BCUT2D eigenvalue weighted by Gasteiger charge is -2.11. The third kappa shape index (κ3) is 3.09. The number of aromatic nitrogens is 1. The number of rotatable bonds is 4. The summed E-state index contributed by atoms with van der Waals surface area (Å²) in [6.07, 6.45) is 4.02. The lowest BCUT2D eigenvalue weighted by atomic mass is 10.2. The highest BCUT2D eigenvalue weighted by molar-refractivity contribution is 5.97. The molecule has 0 spiro atoms. The fraction of sp³-hybridized carbons (Fsp3) is 0.273. The maximum Gasteiger partial charge on any atom is 0.272 e. The van der Waals surface area contributed by atoms with Gasteiger partial charge in [-0.05, 0) is 25.5 Å². The van der Waals surface area contributed by atoms with Crippen molar-refractivity contribution in [3.8, 4) is 0 Å². The largest absolute Gasteiger partial charge is 0.397 e. The van der Waals surface area contributed by atoms with Crippen molar-refractivity contribution in [2.75, 3.05) is 5.73 Å². The molecule has 1 aromatic heterocycles. The maximum atomic E-state index is 11.7. The third-order valence-corrected chi connectivity index (χ3v) is 1.95. The summed E-state index contributed by atoms with van der Waals surface area (Å²) in [5.41, 5.74) is 6.29. The molecule has 0 aliphatic rings. The number of anilines is 1. The number of amides is 1. The van der Waals surface area contributed by atoms with Gasteiger partial charge in [-0.2, -0.15) is 0 Å². The Labute approximate surface area is 89.2 Å². The topological polar surface area (TPSA) is 68.0 Å². The van der Waals surface area contributed by atoms with E-state index in [0.29, 0.717) is 5.69 Å². The van der Waals surface area contributed by atoms with Gasteiger partial charge in [-0.25, -0.2) is 4.98 Å².